The Kier molecular flexibility index (Phi) is 74.3. The minimum Gasteiger partial charge on any atom is -0.462 e. The number of aliphatic hydroxyl groups is 1. The van der Waals surface area contributed by atoms with Gasteiger partial charge in [0.25, 0.3) is 0 Å². The SMILES string of the molecule is CC(C)CCCCCCCCCCCCCCCCCCCCC(=O)OC[C@H](COP(=O)(O)OC[C@@H](O)COP(=O)(O)OC[C@@H](COC(=O)CCCCCCCCC(C)C)OC(=O)CCCCCCCCCCCCCCC(C)C)OC(=O)CCCCCCCCCCCCCCCCCCCCC(C)C. The zero-order chi connectivity index (χ0) is 78.1. The monoisotopic (exact) mass is 1550 g/mol. The van der Waals surface area contributed by atoms with Crippen LogP contribution in [0.3, 0.4) is 0 Å². The van der Waals surface area contributed by atoms with E-state index in [-0.39, 0.29) is 25.7 Å². The van der Waals surface area contributed by atoms with Crippen LogP contribution in [0.4, 0.5) is 0 Å². The number of carbonyl (C=O) groups is 4. The number of phosphoric acid groups is 2. The molecule has 0 bridgehead atoms. The van der Waals surface area contributed by atoms with Gasteiger partial charge in [0, 0.05) is 25.7 Å². The summed E-state index contributed by atoms with van der Waals surface area (Å²) in [6.45, 7) is 14.3. The zero-order valence-electron chi connectivity index (χ0n) is 70.1. The highest BCUT2D eigenvalue weighted by Crippen LogP contribution is 2.45. The smallest absolute Gasteiger partial charge is 0.462 e. The first-order valence-corrected chi connectivity index (χ1v) is 47.7. The molecular weight excluding hydrogens is 1380 g/mol. The predicted octanol–water partition coefficient (Wildman–Crippen LogP) is 26.3. The fourth-order valence-electron chi connectivity index (χ4n) is 13.5. The topological polar surface area (TPSA) is 237 Å². The number of hydrogen-bond acceptors (Lipinski definition) is 15. The van der Waals surface area contributed by atoms with Gasteiger partial charge in [-0.05, 0) is 49.4 Å². The van der Waals surface area contributed by atoms with E-state index in [0.717, 1.165) is 114 Å². The van der Waals surface area contributed by atoms with Gasteiger partial charge in [0.1, 0.15) is 19.3 Å². The van der Waals surface area contributed by atoms with Gasteiger partial charge in [-0.25, -0.2) is 9.13 Å². The third kappa shape index (κ3) is 80.1. The predicted molar refractivity (Wildman–Crippen MR) is 437 cm³/mol. The van der Waals surface area contributed by atoms with Crippen molar-refractivity contribution >= 4 is 39.5 Å². The molecule has 0 aliphatic heterocycles. The Bertz CT molecular complexity index is 2060. The van der Waals surface area contributed by atoms with Crippen molar-refractivity contribution in [2.75, 3.05) is 39.6 Å². The molecule has 3 N–H and O–H groups in total. The Morgan fingerprint density at radius 3 is 0.585 bits per heavy atom. The van der Waals surface area contributed by atoms with E-state index in [4.69, 9.17) is 37.0 Å². The number of hydrogen-bond donors (Lipinski definition) is 3. The van der Waals surface area contributed by atoms with Gasteiger partial charge >= 0.3 is 39.5 Å². The number of phosphoric ester groups is 2. The molecular formula is C87H170O17P2. The summed E-state index contributed by atoms with van der Waals surface area (Å²) in [4.78, 5) is 73.2. The fourth-order valence-corrected chi connectivity index (χ4v) is 15.1. The maximum absolute atomic E-state index is 13.2. The Labute approximate surface area is 651 Å². The van der Waals surface area contributed by atoms with E-state index in [0.29, 0.717) is 31.6 Å². The van der Waals surface area contributed by atoms with Crippen molar-refractivity contribution in [1.29, 1.82) is 0 Å². The molecule has 2 unspecified atom stereocenters. The molecule has 17 nitrogen and oxygen atoms in total. The summed E-state index contributed by atoms with van der Waals surface area (Å²) in [5.41, 5.74) is 0. The van der Waals surface area contributed by atoms with Crippen molar-refractivity contribution < 1.29 is 80.2 Å². The highest BCUT2D eigenvalue weighted by atomic mass is 31.2. The highest BCUT2D eigenvalue weighted by molar-refractivity contribution is 7.47. The van der Waals surface area contributed by atoms with Gasteiger partial charge in [0.15, 0.2) is 12.2 Å². The first-order valence-electron chi connectivity index (χ1n) is 44.7. The lowest BCUT2D eigenvalue weighted by Crippen LogP contribution is -2.30. The van der Waals surface area contributed by atoms with Gasteiger partial charge in [-0.1, -0.05) is 402 Å². The molecule has 0 heterocycles. The van der Waals surface area contributed by atoms with Crippen LogP contribution in [0, 0.1) is 23.7 Å². The summed E-state index contributed by atoms with van der Waals surface area (Å²) in [5.74, 6) is 0.990. The molecule has 0 rings (SSSR count). The van der Waals surface area contributed by atoms with Crippen molar-refractivity contribution in [3.8, 4) is 0 Å². The zero-order valence-corrected chi connectivity index (χ0v) is 71.9. The Morgan fingerprint density at radius 1 is 0.236 bits per heavy atom. The molecule has 5 atom stereocenters. The summed E-state index contributed by atoms with van der Waals surface area (Å²) >= 11 is 0. The highest BCUT2D eigenvalue weighted by Gasteiger charge is 2.31. The van der Waals surface area contributed by atoms with Crippen molar-refractivity contribution in [3.05, 3.63) is 0 Å². The molecule has 0 aliphatic rings. The third-order valence-corrected chi connectivity index (χ3v) is 22.2. The van der Waals surface area contributed by atoms with Crippen LogP contribution >= 0.6 is 15.6 Å². The van der Waals surface area contributed by atoms with Crippen LogP contribution in [0.15, 0.2) is 0 Å². The quantitative estimate of drug-likeness (QED) is 0.0222. The van der Waals surface area contributed by atoms with Gasteiger partial charge < -0.3 is 33.8 Å². The van der Waals surface area contributed by atoms with E-state index in [9.17, 15) is 43.2 Å². The van der Waals surface area contributed by atoms with Crippen LogP contribution in [-0.4, -0.2) is 96.7 Å². The molecule has 0 aromatic carbocycles. The van der Waals surface area contributed by atoms with Crippen molar-refractivity contribution in [1.82, 2.24) is 0 Å². The molecule has 0 aliphatic carbocycles. The van der Waals surface area contributed by atoms with Crippen molar-refractivity contribution in [3.63, 3.8) is 0 Å². The van der Waals surface area contributed by atoms with Gasteiger partial charge in [-0.2, -0.15) is 0 Å². The van der Waals surface area contributed by atoms with E-state index in [1.54, 1.807) is 0 Å². The lowest BCUT2D eigenvalue weighted by Gasteiger charge is -2.21. The average molecular weight is 1550 g/mol. The van der Waals surface area contributed by atoms with Crippen molar-refractivity contribution in [2.24, 2.45) is 23.7 Å². The number of aliphatic hydroxyl groups excluding tert-OH is 1. The van der Waals surface area contributed by atoms with E-state index in [1.807, 2.05) is 0 Å². The van der Waals surface area contributed by atoms with Crippen LogP contribution in [0.5, 0.6) is 0 Å². The van der Waals surface area contributed by atoms with E-state index < -0.39 is 97.5 Å². The number of unbranched alkanes of at least 4 members (excludes halogenated alkanes) is 50. The molecule has 0 fully saturated rings. The average Bonchev–Trinajstić information content (AvgIpc) is 0.913. The van der Waals surface area contributed by atoms with Crippen LogP contribution < -0.4 is 0 Å². The molecule has 0 spiro atoms. The maximum atomic E-state index is 13.2. The first-order chi connectivity index (χ1) is 51.1. The molecule has 0 aromatic heterocycles. The molecule has 630 valence electrons. The van der Waals surface area contributed by atoms with Crippen molar-refractivity contribution in [2.45, 2.75) is 472 Å². The van der Waals surface area contributed by atoms with Crippen LogP contribution in [0.2, 0.25) is 0 Å². The summed E-state index contributed by atoms with van der Waals surface area (Å²) in [5, 5.41) is 10.7. The van der Waals surface area contributed by atoms with Crippen LogP contribution in [0.25, 0.3) is 0 Å². The number of rotatable bonds is 84. The number of ether oxygens (including phenoxy) is 4. The largest absolute Gasteiger partial charge is 0.472 e. The van der Waals surface area contributed by atoms with Gasteiger partial charge in [0.05, 0.1) is 26.4 Å². The summed E-state index contributed by atoms with van der Waals surface area (Å²) < 4.78 is 68.9. The minimum absolute atomic E-state index is 0.106. The molecule has 19 heteroatoms. The van der Waals surface area contributed by atoms with E-state index in [2.05, 4.69) is 55.4 Å². The summed E-state index contributed by atoms with van der Waals surface area (Å²) in [6.07, 6.45) is 65.6. The molecule has 0 aromatic rings. The molecule has 0 amide bonds. The second kappa shape index (κ2) is 75.7. The third-order valence-electron chi connectivity index (χ3n) is 20.3. The second-order valence-electron chi connectivity index (χ2n) is 33.2. The van der Waals surface area contributed by atoms with E-state index >= 15 is 0 Å². The molecule has 0 saturated carbocycles. The minimum atomic E-state index is -4.97. The van der Waals surface area contributed by atoms with Crippen LogP contribution in [0.1, 0.15) is 453 Å². The van der Waals surface area contributed by atoms with E-state index in [1.165, 1.54) is 250 Å². The van der Waals surface area contributed by atoms with Gasteiger partial charge in [-0.3, -0.25) is 37.3 Å². The molecule has 106 heavy (non-hydrogen) atoms. The Hall–Kier alpha value is -1.94. The lowest BCUT2D eigenvalue weighted by atomic mass is 10.0. The molecule has 0 saturated heterocycles. The fraction of sp³-hybridized carbons (Fsp3) is 0.954. The lowest BCUT2D eigenvalue weighted by molar-refractivity contribution is -0.161. The van der Waals surface area contributed by atoms with Gasteiger partial charge in [-0.15, -0.1) is 0 Å². The normalized spacial score (nSPS) is 13.9. The Balaban J connectivity index is 5.20. The summed E-state index contributed by atoms with van der Waals surface area (Å²) in [7, 11) is -9.93. The standard InChI is InChI=1S/C87H170O17P2/c1-77(2)63-55-47-39-33-27-21-17-13-9-11-15-19-23-30-36-42-51-59-67-84(89)97-73-82(103-86(91)69-61-53-43-37-31-24-20-16-12-10-14-18-22-28-34-40-48-56-64-78(3)4)75-101-105(93,94)99-71-81(88)72-100-106(95,96)102-76-83(74-98-85(90)68-60-52-46-45-50-58-66-80(7)8)104-87(92)70-62-54-44-38-32-26-25-29-35-41-49-57-65-79(5)6/h77-83,88H,9-76H2,1-8H3,(H,93,94)(H,95,96)/t81-,82-,83-/m1/s1. The Morgan fingerprint density at radius 2 is 0.396 bits per heavy atom. The summed E-state index contributed by atoms with van der Waals surface area (Å²) in [6, 6.07) is 0. The number of esters is 4. The number of carbonyl (C=O) groups excluding carboxylic acids is 4. The maximum Gasteiger partial charge on any atom is 0.472 e. The first kappa shape index (κ1) is 104. The van der Waals surface area contributed by atoms with Crippen LogP contribution in [-0.2, 0) is 65.4 Å². The molecule has 0 radical (unpaired) electrons. The second-order valence-corrected chi connectivity index (χ2v) is 36.1. The van der Waals surface area contributed by atoms with Gasteiger partial charge in [0.2, 0.25) is 0 Å².